The number of rotatable bonds is 5. The smallest absolute Gasteiger partial charge is 0.451 e. The van der Waals surface area contributed by atoms with Crippen molar-refractivity contribution >= 4 is 23.6 Å². The quantitative estimate of drug-likeness (QED) is 0.507. The van der Waals surface area contributed by atoms with Gasteiger partial charge in [0.05, 0.1) is 11.4 Å². The summed E-state index contributed by atoms with van der Waals surface area (Å²) < 4.78 is 46.0. The number of nitrogen functional groups attached to an aromatic ring is 1. The first-order valence-corrected chi connectivity index (χ1v) is 11.8. The molecule has 3 N–H and O–H groups in total. The highest BCUT2D eigenvalue weighted by Crippen LogP contribution is 2.31. The number of pyridine rings is 1. The summed E-state index contributed by atoms with van der Waals surface area (Å²) >= 11 is 0. The second-order valence-electron chi connectivity index (χ2n) is 9.63. The van der Waals surface area contributed by atoms with Crippen LogP contribution in [0.3, 0.4) is 0 Å². The molecule has 0 aliphatic carbocycles. The summed E-state index contributed by atoms with van der Waals surface area (Å²) in [5.41, 5.74) is 5.74. The maximum atomic E-state index is 13.4. The molecular weight excluding hydrogens is 503 g/mol. The van der Waals surface area contributed by atoms with Gasteiger partial charge in [-0.15, -0.1) is 0 Å². The number of ether oxygens (including phenoxy) is 1. The van der Waals surface area contributed by atoms with Crippen molar-refractivity contribution in [1.29, 1.82) is 0 Å². The fourth-order valence-electron chi connectivity index (χ4n) is 3.71. The molecule has 1 aliphatic heterocycles. The van der Waals surface area contributed by atoms with Crippen molar-refractivity contribution in [2.24, 2.45) is 0 Å². The Kier molecular flexibility index (Phi) is 7.51. The number of urea groups is 1. The van der Waals surface area contributed by atoms with E-state index in [4.69, 9.17) is 10.5 Å². The van der Waals surface area contributed by atoms with Crippen LogP contribution in [0.4, 0.5) is 35.5 Å². The molecule has 0 aromatic carbocycles. The minimum absolute atomic E-state index is 0.151. The second kappa shape index (κ2) is 10.6. The molecule has 0 spiro atoms. The van der Waals surface area contributed by atoms with Crippen molar-refractivity contribution in [2.45, 2.75) is 39.0 Å². The molecule has 1 aliphatic rings. The Morgan fingerprint density at radius 3 is 2.45 bits per heavy atom. The number of alkyl halides is 3. The molecule has 0 radical (unpaired) electrons. The molecule has 0 unspecified atom stereocenters. The zero-order chi connectivity index (χ0) is 27.5. The molecule has 202 valence electrons. The number of nitrogens with one attached hydrogen (secondary N) is 1. The third-order valence-corrected chi connectivity index (χ3v) is 5.71. The Morgan fingerprint density at radius 2 is 1.79 bits per heavy atom. The number of carbonyl (C=O) groups is 1. The zero-order valence-corrected chi connectivity index (χ0v) is 21.2. The molecule has 4 rings (SSSR count). The van der Waals surface area contributed by atoms with E-state index in [1.165, 1.54) is 11.0 Å². The zero-order valence-electron chi connectivity index (χ0n) is 21.2. The molecule has 14 heteroatoms. The van der Waals surface area contributed by atoms with Crippen molar-refractivity contribution in [2.75, 3.05) is 42.1 Å². The number of amides is 2. The maximum absolute atomic E-state index is 13.4. The Labute approximate surface area is 217 Å². The SMILES string of the molecule is CC(C)(C)c1cc(NC(=O)N2CCN(c3ncccc3OCc3ccnc(N)n3)CC2)nc(C(F)(F)F)n1. The number of hydrogen-bond donors (Lipinski definition) is 2. The highest BCUT2D eigenvalue weighted by molar-refractivity contribution is 5.88. The number of piperazine rings is 1. The van der Waals surface area contributed by atoms with Crippen molar-refractivity contribution in [3.8, 4) is 5.75 Å². The lowest BCUT2D eigenvalue weighted by Crippen LogP contribution is -2.50. The van der Waals surface area contributed by atoms with Gasteiger partial charge >= 0.3 is 12.2 Å². The topological polar surface area (TPSA) is 135 Å². The van der Waals surface area contributed by atoms with E-state index >= 15 is 0 Å². The normalized spacial score (nSPS) is 14.4. The molecule has 2 amide bonds. The lowest BCUT2D eigenvalue weighted by Gasteiger charge is -2.35. The van der Waals surface area contributed by atoms with Gasteiger partial charge in [0, 0.05) is 50.1 Å². The van der Waals surface area contributed by atoms with Gasteiger partial charge in [-0.3, -0.25) is 5.32 Å². The molecule has 0 bridgehead atoms. The summed E-state index contributed by atoms with van der Waals surface area (Å²) in [6.45, 7) is 6.87. The molecule has 0 saturated carbocycles. The van der Waals surface area contributed by atoms with Crippen LogP contribution >= 0.6 is 0 Å². The monoisotopic (exact) mass is 531 g/mol. The average Bonchev–Trinajstić information content (AvgIpc) is 2.86. The van der Waals surface area contributed by atoms with E-state index in [1.807, 2.05) is 4.90 Å². The van der Waals surface area contributed by atoms with Crippen molar-refractivity contribution in [3.05, 3.63) is 53.9 Å². The molecule has 11 nitrogen and oxygen atoms in total. The van der Waals surface area contributed by atoms with Gasteiger partial charge in [0.15, 0.2) is 11.6 Å². The molecule has 3 aromatic heterocycles. The van der Waals surface area contributed by atoms with Gasteiger partial charge in [-0.25, -0.2) is 29.7 Å². The lowest BCUT2D eigenvalue weighted by molar-refractivity contribution is -0.145. The standard InChI is InChI=1S/C24H28F3N9O2/c1-23(2,3)17-13-18(33-20(32-17)24(25,26)27)34-22(37)36-11-9-35(10-12-36)19-16(5-4-7-29-19)38-14-15-6-8-30-21(28)31-15/h4-8,13H,9-12,14H2,1-3H3,(H2,28,30,31)(H,32,33,34,37). The lowest BCUT2D eigenvalue weighted by atomic mass is 9.92. The summed E-state index contributed by atoms with van der Waals surface area (Å²) in [6.07, 6.45) is -1.55. The van der Waals surface area contributed by atoms with E-state index in [0.717, 1.165) is 0 Å². The molecule has 4 heterocycles. The van der Waals surface area contributed by atoms with Crippen LogP contribution in [0.25, 0.3) is 0 Å². The number of nitrogens with zero attached hydrogens (tertiary/aromatic N) is 7. The van der Waals surface area contributed by atoms with Gasteiger partial charge in [0.25, 0.3) is 0 Å². The third kappa shape index (κ3) is 6.55. The van der Waals surface area contributed by atoms with Gasteiger partial charge in [-0.05, 0) is 18.2 Å². The Morgan fingerprint density at radius 1 is 1.05 bits per heavy atom. The molecule has 38 heavy (non-hydrogen) atoms. The van der Waals surface area contributed by atoms with Crippen LogP contribution in [0.5, 0.6) is 5.75 Å². The van der Waals surface area contributed by atoms with Gasteiger partial charge in [0.1, 0.15) is 12.4 Å². The van der Waals surface area contributed by atoms with Crippen LogP contribution in [0.15, 0.2) is 36.7 Å². The van der Waals surface area contributed by atoms with Crippen LogP contribution < -0.4 is 20.7 Å². The van der Waals surface area contributed by atoms with Crippen LogP contribution in [-0.2, 0) is 18.2 Å². The van der Waals surface area contributed by atoms with E-state index in [9.17, 15) is 18.0 Å². The summed E-state index contributed by atoms with van der Waals surface area (Å²) in [6, 6.07) is 6.05. The van der Waals surface area contributed by atoms with Gasteiger partial charge in [-0.2, -0.15) is 13.2 Å². The Bertz CT molecular complexity index is 1260. The first-order valence-electron chi connectivity index (χ1n) is 11.8. The predicted octanol–water partition coefficient (Wildman–Crippen LogP) is 3.49. The van der Waals surface area contributed by atoms with E-state index in [-0.39, 0.29) is 24.1 Å². The maximum Gasteiger partial charge on any atom is 0.451 e. The Hall–Kier alpha value is -4.23. The summed E-state index contributed by atoms with van der Waals surface area (Å²) in [7, 11) is 0. The first-order chi connectivity index (χ1) is 17.9. The predicted molar refractivity (Wildman–Crippen MR) is 134 cm³/mol. The molecule has 0 atom stereocenters. The fraction of sp³-hybridized carbons (Fsp3) is 0.417. The minimum Gasteiger partial charge on any atom is -0.483 e. The number of aromatic nitrogens is 5. The Balaban J connectivity index is 1.40. The fourth-order valence-corrected chi connectivity index (χ4v) is 3.71. The van der Waals surface area contributed by atoms with E-state index in [2.05, 4.69) is 30.2 Å². The second-order valence-corrected chi connectivity index (χ2v) is 9.63. The van der Waals surface area contributed by atoms with E-state index in [0.29, 0.717) is 43.4 Å². The van der Waals surface area contributed by atoms with Crippen molar-refractivity contribution in [1.82, 2.24) is 29.8 Å². The summed E-state index contributed by atoms with van der Waals surface area (Å²) in [5, 5.41) is 2.50. The molecule has 1 fully saturated rings. The van der Waals surface area contributed by atoms with Gasteiger partial charge < -0.3 is 20.3 Å². The summed E-state index contributed by atoms with van der Waals surface area (Å²) in [5.74, 6) is -0.195. The van der Waals surface area contributed by atoms with Crippen molar-refractivity contribution < 1.29 is 22.7 Å². The molecule has 1 saturated heterocycles. The largest absolute Gasteiger partial charge is 0.483 e. The average molecular weight is 532 g/mol. The first kappa shape index (κ1) is 26.8. The number of carbonyl (C=O) groups excluding carboxylic acids is 1. The van der Waals surface area contributed by atoms with Gasteiger partial charge in [-0.1, -0.05) is 20.8 Å². The van der Waals surface area contributed by atoms with E-state index < -0.39 is 23.4 Å². The van der Waals surface area contributed by atoms with Gasteiger partial charge in [0.2, 0.25) is 11.8 Å². The van der Waals surface area contributed by atoms with Crippen LogP contribution in [0.2, 0.25) is 0 Å². The number of anilines is 3. The van der Waals surface area contributed by atoms with Crippen LogP contribution in [0, 0.1) is 0 Å². The summed E-state index contributed by atoms with van der Waals surface area (Å²) in [4.78, 5) is 35.9. The number of hydrogen-bond acceptors (Lipinski definition) is 9. The number of nitrogens with two attached hydrogens (primary N) is 1. The highest BCUT2D eigenvalue weighted by atomic mass is 19.4. The van der Waals surface area contributed by atoms with Crippen LogP contribution in [0.1, 0.15) is 38.0 Å². The number of halogens is 3. The molecule has 3 aromatic rings. The van der Waals surface area contributed by atoms with Crippen molar-refractivity contribution in [3.63, 3.8) is 0 Å². The molecular formula is C24H28F3N9O2. The third-order valence-electron chi connectivity index (χ3n) is 5.71. The minimum atomic E-state index is -4.74. The van der Waals surface area contributed by atoms with Crippen LogP contribution in [-0.4, -0.2) is 62.0 Å². The highest BCUT2D eigenvalue weighted by Gasteiger charge is 2.37. The van der Waals surface area contributed by atoms with E-state index in [1.54, 1.807) is 51.4 Å².